The van der Waals surface area contributed by atoms with Crippen LogP contribution >= 0.6 is 0 Å². The number of rotatable bonds is 2. The zero-order chi connectivity index (χ0) is 13.4. The second kappa shape index (κ2) is 4.85. The fraction of sp³-hybridized carbons (Fsp3) is 0.500. The molecule has 0 spiro atoms. The van der Waals surface area contributed by atoms with Crippen molar-refractivity contribution in [3.63, 3.8) is 0 Å². The lowest BCUT2D eigenvalue weighted by Crippen LogP contribution is -2.44. The summed E-state index contributed by atoms with van der Waals surface area (Å²) in [7, 11) is 0. The Morgan fingerprint density at radius 1 is 1.05 bits per heavy atom. The minimum absolute atomic E-state index is 0.185. The van der Waals surface area contributed by atoms with Gasteiger partial charge < -0.3 is 5.32 Å². The van der Waals surface area contributed by atoms with Gasteiger partial charge in [0.1, 0.15) is 0 Å². The largest absolute Gasteiger partial charge is 0.307 e. The third kappa shape index (κ3) is 1.94. The number of hydrogen-bond acceptors (Lipinski definition) is 2. The molecule has 0 bridgehead atoms. The van der Waals surface area contributed by atoms with Gasteiger partial charge in [0, 0.05) is 17.1 Å². The van der Waals surface area contributed by atoms with Crippen LogP contribution in [-0.4, -0.2) is 11.5 Å². The van der Waals surface area contributed by atoms with Crippen molar-refractivity contribution in [2.24, 2.45) is 5.92 Å². The van der Waals surface area contributed by atoms with E-state index in [0.29, 0.717) is 0 Å². The standard InChI is InChI=1S/C18H22N2/c1-2-11-18(15-9-10-15,20-13-3-1)16-8-4-6-14-7-5-12-19-17(14)16/h4-8,12,15,20H,1-3,9-11,13H2. The van der Waals surface area contributed by atoms with Crippen LogP contribution in [-0.2, 0) is 5.54 Å². The number of aromatic nitrogens is 1. The predicted octanol–water partition coefficient (Wildman–Crippen LogP) is 4.00. The first kappa shape index (κ1) is 12.3. The molecule has 1 saturated heterocycles. The van der Waals surface area contributed by atoms with E-state index in [0.717, 1.165) is 12.5 Å². The Morgan fingerprint density at radius 3 is 2.85 bits per heavy atom. The zero-order valence-corrected chi connectivity index (χ0v) is 11.9. The molecule has 2 heteroatoms. The lowest BCUT2D eigenvalue weighted by Gasteiger charge is -2.35. The van der Waals surface area contributed by atoms with E-state index in [-0.39, 0.29) is 5.54 Å². The van der Waals surface area contributed by atoms with Gasteiger partial charge in [0.25, 0.3) is 0 Å². The molecular formula is C18H22N2. The van der Waals surface area contributed by atoms with Crippen molar-refractivity contribution in [3.05, 3.63) is 42.1 Å². The normalized spacial score (nSPS) is 27.4. The number of nitrogens with zero attached hydrogens (tertiary/aromatic N) is 1. The van der Waals surface area contributed by atoms with Gasteiger partial charge in [-0.25, -0.2) is 0 Å². The maximum Gasteiger partial charge on any atom is 0.0752 e. The monoisotopic (exact) mass is 266 g/mol. The van der Waals surface area contributed by atoms with Gasteiger partial charge in [-0.15, -0.1) is 0 Å². The van der Waals surface area contributed by atoms with Crippen LogP contribution in [0.3, 0.4) is 0 Å². The molecule has 20 heavy (non-hydrogen) atoms. The Balaban J connectivity index is 1.89. The number of para-hydroxylation sites is 1. The minimum atomic E-state index is 0.185. The number of benzene rings is 1. The molecule has 2 aliphatic rings. The molecule has 1 aromatic carbocycles. The Morgan fingerprint density at radius 2 is 1.95 bits per heavy atom. The lowest BCUT2D eigenvalue weighted by molar-refractivity contribution is 0.281. The SMILES string of the molecule is c1cnc2c(C3(C4CC4)CCCCCN3)cccc2c1. The van der Waals surface area contributed by atoms with Gasteiger partial charge >= 0.3 is 0 Å². The molecule has 1 aliphatic carbocycles. The molecular weight excluding hydrogens is 244 g/mol. The maximum absolute atomic E-state index is 4.70. The van der Waals surface area contributed by atoms with Crippen LogP contribution < -0.4 is 5.32 Å². The van der Waals surface area contributed by atoms with Crippen LogP contribution in [0.4, 0.5) is 0 Å². The fourth-order valence-corrected chi connectivity index (χ4v) is 3.94. The molecule has 1 atom stereocenters. The second-order valence-electron chi connectivity index (χ2n) is 6.36. The van der Waals surface area contributed by atoms with Crippen LogP contribution in [0.5, 0.6) is 0 Å². The van der Waals surface area contributed by atoms with Crippen LogP contribution in [0.2, 0.25) is 0 Å². The molecule has 1 saturated carbocycles. The quantitative estimate of drug-likeness (QED) is 0.888. The molecule has 1 aliphatic heterocycles. The van der Waals surface area contributed by atoms with Crippen molar-refractivity contribution < 1.29 is 0 Å². The molecule has 0 radical (unpaired) electrons. The highest BCUT2D eigenvalue weighted by atomic mass is 15.0. The molecule has 1 N–H and O–H groups in total. The second-order valence-corrected chi connectivity index (χ2v) is 6.36. The smallest absolute Gasteiger partial charge is 0.0752 e. The van der Waals surface area contributed by atoms with E-state index in [1.807, 2.05) is 12.3 Å². The summed E-state index contributed by atoms with van der Waals surface area (Å²) in [5.41, 5.74) is 2.83. The van der Waals surface area contributed by atoms with Crippen molar-refractivity contribution in [2.75, 3.05) is 6.54 Å². The van der Waals surface area contributed by atoms with Crippen molar-refractivity contribution in [2.45, 2.75) is 44.1 Å². The van der Waals surface area contributed by atoms with Crippen molar-refractivity contribution in [1.29, 1.82) is 0 Å². The third-order valence-corrected chi connectivity index (χ3v) is 5.08. The first-order valence-electron chi connectivity index (χ1n) is 7.99. The molecule has 104 valence electrons. The predicted molar refractivity (Wildman–Crippen MR) is 82.6 cm³/mol. The average Bonchev–Trinajstić information content (AvgIpc) is 3.33. The van der Waals surface area contributed by atoms with E-state index < -0.39 is 0 Å². The molecule has 4 rings (SSSR count). The summed E-state index contributed by atoms with van der Waals surface area (Å²) in [5.74, 6) is 0.813. The fourth-order valence-electron chi connectivity index (χ4n) is 3.94. The summed E-state index contributed by atoms with van der Waals surface area (Å²) in [6.07, 6.45) is 9.96. The van der Waals surface area contributed by atoms with E-state index in [4.69, 9.17) is 4.98 Å². The van der Waals surface area contributed by atoms with Crippen LogP contribution in [0.1, 0.15) is 44.1 Å². The zero-order valence-electron chi connectivity index (χ0n) is 11.9. The molecule has 1 unspecified atom stereocenters. The van der Waals surface area contributed by atoms with Gasteiger partial charge in [-0.3, -0.25) is 4.98 Å². The summed E-state index contributed by atoms with van der Waals surface area (Å²) in [6, 6.07) is 10.9. The van der Waals surface area contributed by atoms with Crippen LogP contribution in [0, 0.1) is 5.92 Å². The van der Waals surface area contributed by atoms with E-state index in [1.165, 1.54) is 55.0 Å². The van der Waals surface area contributed by atoms with Gasteiger partial charge in [-0.1, -0.05) is 37.1 Å². The minimum Gasteiger partial charge on any atom is -0.307 e. The van der Waals surface area contributed by atoms with E-state index in [2.05, 4.69) is 29.6 Å². The highest BCUT2D eigenvalue weighted by Gasteiger charge is 2.47. The van der Waals surface area contributed by atoms with Gasteiger partial charge in [0.2, 0.25) is 0 Å². The average molecular weight is 266 g/mol. The summed E-state index contributed by atoms with van der Waals surface area (Å²) in [4.78, 5) is 4.70. The van der Waals surface area contributed by atoms with Crippen LogP contribution in [0.25, 0.3) is 10.9 Å². The first-order chi connectivity index (χ1) is 9.90. The topological polar surface area (TPSA) is 24.9 Å². The summed E-state index contributed by atoms with van der Waals surface area (Å²) in [5, 5.41) is 5.20. The van der Waals surface area contributed by atoms with E-state index in [1.54, 1.807) is 0 Å². The number of hydrogen-bond donors (Lipinski definition) is 1. The van der Waals surface area contributed by atoms with E-state index >= 15 is 0 Å². The highest BCUT2D eigenvalue weighted by molar-refractivity contribution is 5.82. The molecule has 2 heterocycles. The summed E-state index contributed by atoms with van der Waals surface area (Å²) in [6.45, 7) is 1.15. The number of nitrogens with one attached hydrogen (secondary N) is 1. The molecule has 2 fully saturated rings. The van der Waals surface area contributed by atoms with E-state index in [9.17, 15) is 0 Å². The first-order valence-corrected chi connectivity index (χ1v) is 7.99. The molecule has 1 aromatic heterocycles. The van der Waals surface area contributed by atoms with Gasteiger partial charge in [-0.05, 0) is 49.8 Å². The van der Waals surface area contributed by atoms with Crippen LogP contribution in [0.15, 0.2) is 36.5 Å². The molecule has 2 aromatic rings. The van der Waals surface area contributed by atoms with Gasteiger partial charge in [0.05, 0.1) is 5.52 Å². The number of pyridine rings is 1. The van der Waals surface area contributed by atoms with Gasteiger partial charge in [-0.2, -0.15) is 0 Å². The lowest BCUT2D eigenvalue weighted by atomic mass is 9.80. The summed E-state index contributed by atoms with van der Waals surface area (Å²) < 4.78 is 0. The van der Waals surface area contributed by atoms with Crippen molar-refractivity contribution in [3.8, 4) is 0 Å². The molecule has 0 amide bonds. The Kier molecular flexibility index (Phi) is 2.99. The molecule has 2 nitrogen and oxygen atoms in total. The maximum atomic E-state index is 4.70. The summed E-state index contributed by atoms with van der Waals surface area (Å²) >= 11 is 0. The van der Waals surface area contributed by atoms with Crippen molar-refractivity contribution in [1.82, 2.24) is 10.3 Å². The number of fused-ring (bicyclic) bond motifs is 1. The Hall–Kier alpha value is -1.41. The van der Waals surface area contributed by atoms with Crippen molar-refractivity contribution >= 4 is 10.9 Å². The Labute approximate surface area is 120 Å². The van der Waals surface area contributed by atoms with Gasteiger partial charge in [0.15, 0.2) is 0 Å². The Bertz CT molecular complexity index is 602. The third-order valence-electron chi connectivity index (χ3n) is 5.08. The highest BCUT2D eigenvalue weighted by Crippen LogP contribution is 2.50.